The van der Waals surface area contributed by atoms with Crippen LogP contribution in [0.1, 0.15) is 17.7 Å². The number of nitrogens with zero attached hydrogens (tertiary/aromatic N) is 3. The molecule has 0 saturated heterocycles. The molecule has 0 atom stereocenters. The topological polar surface area (TPSA) is 102 Å². The van der Waals surface area contributed by atoms with Crippen molar-refractivity contribution < 1.29 is 4.79 Å². The molecule has 1 amide bonds. The number of hydrogen-bond acceptors (Lipinski definition) is 5. The summed E-state index contributed by atoms with van der Waals surface area (Å²) in [6, 6.07) is 5.32. The minimum absolute atomic E-state index is 0.121. The number of amides is 1. The molecule has 142 valence electrons. The molecule has 0 spiro atoms. The van der Waals surface area contributed by atoms with Gasteiger partial charge in [0, 0.05) is 37.5 Å². The second-order valence-corrected chi connectivity index (χ2v) is 7.09. The minimum Gasteiger partial charge on any atom is -0.326 e. The van der Waals surface area contributed by atoms with Gasteiger partial charge in [0.05, 0.1) is 11.0 Å². The third kappa shape index (κ3) is 3.68. The largest absolute Gasteiger partial charge is 0.328 e. The number of fused-ring (bicyclic) bond motifs is 1. The third-order valence-corrected chi connectivity index (χ3v) is 5.13. The van der Waals surface area contributed by atoms with Crippen LogP contribution < -0.4 is 16.6 Å². The van der Waals surface area contributed by atoms with Crippen LogP contribution in [0.5, 0.6) is 0 Å². The van der Waals surface area contributed by atoms with Gasteiger partial charge in [0.1, 0.15) is 0 Å². The SMILES string of the molecule is CSc1nc(C)c(CCC(=O)Nc2ccc3c(c2)n(C)c(=O)n3C)c(=O)[nH]1. The van der Waals surface area contributed by atoms with Crippen molar-refractivity contribution in [2.45, 2.75) is 24.9 Å². The fourth-order valence-corrected chi connectivity index (χ4v) is 3.45. The number of thioether (sulfide) groups is 1. The highest BCUT2D eigenvalue weighted by Crippen LogP contribution is 2.18. The Morgan fingerprint density at radius 1 is 1.22 bits per heavy atom. The summed E-state index contributed by atoms with van der Waals surface area (Å²) in [5, 5.41) is 3.38. The van der Waals surface area contributed by atoms with Crippen LogP contribution in [-0.4, -0.2) is 31.3 Å². The number of nitrogens with one attached hydrogen (secondary N) is 2. The standard InChI is InChI=1S/C18H21N5O3S/c1-10-12(16(25)21-17(19-10)27-4)6-8-15(24)20-11-5-7-13-14(9-11)23(3)18(26)22(13)2/h5,7,9H,6,8H2,1-4H3,(H,20,24)(H,19,21,25). The summed E-state index contributed by atoms with van der Waals surface area (Å²) in [4.78, 5) is 43.4. The van der Waals surface area contributed by atoms with E-state index in [0.717, 1.165) is 11.0 Å². The first kappa shape index (κ1) is 19.0. The predicted octanol–water partition coefficient (Wildman–Crippen LogP) is 1.56. The molecular formula is C18H21N5O3S. The highest BCUT2D eigenvalue weighted by molar-refractivity contribution is 7.98. The van der Waals surface area contributed by atoms with Gasteiger partial charge in [-0.3, -0.25) is 18.7 Å². The molecule has 0 fully saturated rings. The molecule has 0 unspecified atom stereocenters. The Kier molecular flexibility index (Phi) is 5.22. The van der Waals surface area contributed by atoms with E-state index in [9.17, 15) is 14.4 Å². The lowest BCUT2D eigenvalue weighted by Gasteiger charge is -2.08. The fraction of sp³-hybridized carbons (Fsp3) is 0.333. The van der Waals surface area contributed by atoms with Crippen LogP contribution in [-0.2, 0) is 25.3 Å². The Hall–Kier alpha value is -2.81. The van der Waals surface area contributed by atoms with E-state index >= 15 is 0 Å². The second kappa shape index (κ2) is 7.43. The van der Waals surface area contributed by atoms with E-state index in [1.54, 1.807) is 43.8 Å². The van der Waals surface area contributed by atoms with E-state index in [0.29, 0.717) is 28.5 Å². The summed E-state index contributed by atoms with van der Waals surface area (Å²) in [6.45, 7) is 1.77. The number of hydrogen-bond donors (Lipinski definition) is 2. The number of H-pyrrole nitrogens is 1. The molecule has 2 N–H and O–H groups in total. The molecule has 0 bridgehead atoms. The predicted molar refractivity (Wildman–Crippen MR) is 106 cm³/mol. The van der Waals surface area contributed by atoms with E-state index in [1.807, 2.05) is 6.26 Å². The van der Waals surface area contributed by atoms with Gasteiger partial charge in [-0.25, -0.2) is 9.78 Å². The summed E-state index contributed by atoms with van der Waals surface area (Å²) < 4.78 is 3.09. The molecule has 8 nitrogen and oxygen atoms in total. The molecule has 2 aromatic heterocycles. The zero-order valence-electron chi connectivity index (χ0n) is 15.6. The van der Waals surface area contributed by atoms with Crippen LogP contribution >= 0.6 is 11.8 Å². The Morgan fingerprint density at radius 2 is 1.93 bits per heavy atom. The molecule has 27 heavy (non-hydrogen) atoms. The van der Waals surface area contributed by atoms with Gasteiger partial charge in [-0.15, -0.1) is 0 Å². The summed E-state index contributed by atoms with van der Waals surface area (Å²) in [6.07, 6.45) is 2.31. The number of aryl methyl sites for hydroxylation is 3. The maximum Gasteiger partial charge on any atom is 0.328 e. The number of benzene rings is 1. The summed E-state index contributed by atoms with van der Waals surface area (Å²) in [5.74, 6) is -0.206. The number of rotatable bonds is 5. The lowest BCUT2D eigenvalue weighted by atomic mass is 10.1. The van der Waals surface area contributed by atoms with Crippen molar-refractivity contribution in [2.24, 2.45) is 14.1 Å². The first-order valence-corrected chi connectivity index (χ1v) is 9.63. The van der Waals surface area contributed by atoms with Crippen LogP contribution in [0.4, 0.5) is 5.69 Å². The number of carbonyl (C=O) groups excluding carboxylic acids is 1. The van der Waals surface area contributed by atoms with Gasteiger partial charge in [0.2, 0.25) is 5.91 Å². The van der Waals surface area contributed by atoms with Gasteiger partial charge in [0.25, 0.3) is 5.56 Å². The molecule has 0 aliphatic carbocycles. The quantitative estimate of drug-likeness (QED) is 0.511. The molecule has 0 radical (unpaired) electrons. The van der Waals surface area contributed by atoms with Crippen LogP contribution in [0.3, 0.4) is 0 Å². The van der Waals surface area contributed by atoms with Gasteiger partial charge in [-0.2, -0.15) is 0 Å². The van der Waals surface area contributed by atoms with Crippen molar-refractivity contribution >= 4 is 34.4 Å². The number of carbonyl (C=O) groups is 1. The molecule has 2 heterocycles. The highest BCUT2D eigenvalue weighted by atomic mass is 32.2. The molecule has 0 aliphatic heterocycles. The van der Waals surface area contributed by atoms with Gasteiger partial charge in [-0.05, 0) is 37.8 Å². The zero-order valence-corrected chi connectivity index (χ0v) is 16.4. The van der Waals surface area contributed by atoms with Crippen molar-refractivity contribution in [3.05, 3.63) is 50.3 Å². The fourth-order valence-electron chi connectivity index (χ4n) is 3.02. The molecule has 0 aliphatic rings. The first-order chi connectivity index (χ1) is 12.8. The van der Waals surface area contributed by atoms with Gasteiger partial charge in [-0.1, -0.05) is 11.8 Å². The van der Waals surface area contributed by atoms with Crippen LogP contribution in [0, 0.1) is 6.92 Å². The Morgan fingerprint density at radius 3 is 2.59 bits per heavy atom. The normalized spacial score (nSPS) is 11.1. The zero-order chi connectivity index (χ0) is 19.7. The Bertz CT molecular complexity index is 1140. The van der Waals surface area contributed by atoms with Crippen molar-refractivity contribution in [1.29, 1.82) is 0 Å². The van der Waals surface area contributed by atoms with E-state index in [2.05, 4.69) is 15.3 Å². The number of aromatic amines is 1. The lowest BCUT2D eigenvalue weighted by Crippen LogP contribution is -2.20. The minimum atomic E-state index is -0.208. The van der Waals surface area contributed by atoms with Crippen LogP contribution in [0.15, 0.2) is 32.9 Å². The smallest absolute Gasteiger partial charge is 0.326 e. The molecule has 9 heteroatoms. The maximum atomic E-state index is 12.3. The van der Waals surface area contributed by atoms with E-state index in [4.69, 9.17) is 0 Å². The van der Waals surface area contributed by atoms with E-state index in [1.165, 1.54) is 16.3 Å². The first-order valence-electron chi connectivity index (χ1n) is 8.41. The number of aromatic nitrogens is 4. The number of imidazole rings is 1. The third-order valence-electron chi connectivity index (χ3n) is 4.55. The number of anilines is 1. The van der Waals surface area contributed by atoms with Crippen molar-refractivity contribution in [2.75, 3.05) is 11.6 Å². The average Bonchev–Trinajstić information content (AvgIpc) is 2.85. The van der Waals surface area contributed by atoms with E-state index < -0.39 is 0 Å². The summed E-state index contributed by atoms with van der Waals surface area (Å²) in [7, 11) is 3.40. The second-order valence-electron chi connectivity index (χ2n) is 6.29. The molecule has 0 saturated carbocycles. The summed E-state index contributed by atoms with van der Waals surface area (Å²) in [5.41, 5.74) is 2.97. The van der Waals surface area contributed by atoms with Crippen molar-refractivity contribution in [3.63, 3.8) is 0 Å². The van der Waals surface area contributed by atoms with Crippen LogP contribution in [0.25, 0.3) is 11.0 Å². The van der Waals surface area contributed by atoms with E-state index in [-0.39, 0.29) is 23.6 Å². The molecular weight excluding hydrogens is 366 g/mol. The van der Waals surface area contributed by atoms with Gasteiger partial charge < -0.3 is 10.3 Å². The van der Waals surface area contributed by atoms with Crippen molar-refractivity contribution in [1.82, 2.24) is 19.1 Å². The van der Waals surface area contributed by atoms with Crippen molar-refractivity contribution in [3.8, 4) is 0 Å². The van der Waals surface area contributed by atoms with Gasteiger partial charge in [0.15, 0.2) is 5.16 Å². The highest BCUT2D eigenvalue weighted by Gasteiger charge is 2.12. The maximum absolute atomic E-state index is 12.3. The molecule has 3 rings (SSSR count). The monoisotopic (exact) mass is 387 g/mol. The molecule has 3 aromatic rings. The average molecular weight is 387 g/mol. The Balaban J connectivity index is 1.73. The van der Waals surface area contributed by atoms with Gasteiger partial charge >= 0.3 is 5.69 Å². The Labute approximate surface area is 159 Å². The summed E-state index contributed by atoms with van der Waals surface area (Å²) >= 11 is 1.36. The lowest BCUT2D eigenvalue weighted by molar-refractivity contribution is -0.116. The molecule has 1 aromatic carbocycles. The van der Waals surface area contributed by atoms with Crippen LogP contribution in [0.2, 0.25) is 0 Å².